The largest absolute Gasteiger partial charge is 0.467 e. The highest BCUT2D eigenvalue weighted by Crippen LogP contribution is 2.29. The van der Waals surface area contributed by atoms with Crippen LogP contribution in [-0.4, -0.2) is 38.1 Å². The monoisotopic (exact) mass is 373 g/mol. The second kappa shape index (κ2) is 9.59. The van der Waals surface area contributed by atoms with Crippen LogP contribution in [-0.2, 0) is 36.5 Å². The Morgan fingerprint density at radius 1 is 1.12 bits per heavy atom. The minimum atomic E-state index is -4.46. The molecule has 0 aromatic heterocycles. The van der Waals surface area contributed by atoms with Crippen LogP contribution in [0.1, 0.15) is 17.5 Å². The van der Waals surface area contributed by atoms with E-state index in [1.807, 2.05) is 0 Å². The molecule has 1 atom stereocenters. The first-order valence-corrected chi connectivity index (χ1v) is 7.45. The second-order valence-electron chi connectivity index (χ2n) is 5.18. The molecular formula is C17H18F3NO5. The van der Waals surface area contributed by atoms with E-state index in [0.717, 1.165) is 25.3 Å². The lowest BCUT2D eigenvalue weighted by molar-refractivity contribution is -0.145. The van der Waals surface area contributed by atoms with Crippen LogP contribution < -0.4 is 5.32 Å². The van der Waals surface area contributed by atoms with Gasteiger partial charge in [-0.05, 0) is 24.1 Å². The van der Waals surface area contributed by atoms with E-state index in [2.05, 4.69) is 14.8 Å². The van der Waals surface area contributed by atoms with Crippen molar-refractivity contribution in [3.8, 4) is 0 Å². The van der Waals surface area contributed by atoms with Gasteiger partial charge in [0.1, 0.15) is 6.04 Å². The summed E-state index contributed by atoms with van der Waals surface area (Å²) in [6.07, 6.45) is -2.25. The summed E-state index contributed by atoms with van der Waals surface area (Å²) in [4.78, 5) is 34.7. The van der Waals surface area contributed by atoms with Crippen molar-refractivity contribution in [2.75, 3.05) is 14.2 Å². The predicted octanol–water partition coefficient (Wildman–Crippen LogP) is 2.02. The van der Waals surface area contributed by atoms with Gasteiger partial charge in [-0.25, -0.2) is 9.59 Å². The molecule has 1 amide bonds. The van der Waals surface area contributed by atoms with Crippen molar-refractivity contribution in [1.82, 2.24) is 5.32 Å². The molecule has 0 saturated carbocycles. The molecule has 0 radical (unpaired) electrons. The zero-order valence-electron chi connectivity index (χ0n) is 14.1. The average molecular weight is 373 g/mol. The van der Waals surface area contributed by atoms with Gasteiger partial charge in [-0.2, -0.15) is 13.2 Å². The Balaban J connectivity index is 2.70. The van der Waals surface area contributed by atoms with Crippen molar-refractivity contribution in [2.45, 2.75) is 25.1 Å². The van der Waals surface area contributed by atoms with Crippen LogP contribution in [0.3, 0.4) is 0 Å². The molecule has 1 aromatic carbocycles. The zero-order chi connectivity index (χ0) is 19.7. The molecule has 6 nitrogen and oxygen atoms in total. The summed E-state index contributed by atoms with van der Waals surface area (Å²) in [5.74, 6) is -1.92. The number of alkyl halides is 3. The molecule has 0 aliphatic heterocycles. The summed E-state index contributed by atoms with van der Waals surface area (Å²) >= 11 is 0. The van der Waals surface area contributed by atoms with E-state index in [0.29, 0.717) is 5.56 Å². The van der Waals surface area contributed by atoms with Crippen molar-refractivity contribution < 1.29 is 37.0 Å². The third-order valence-electron chi connectivity index (χ3n) is 3.29. The van der Waals surface area contributed by atoms with Gasteiger partial charge in [-0.15, -0.1) is 0 Å². The zero-order valence-corrected chi connectivity index (χ0v) is 14.1. The van der Waals surface area contributed by atoms with Crippen LogP contribution in [0.15, 0.2) is 36.4 Å². The number of esters is 2. The van der Waals surface area contributed by atoms with Gasteiger partial charge in [0.2, 0.25) is 5.91 Å². The Hall–Kier alpha value is -2.84. The second-order valence-corrected chi connectivity index (χ2v) is 5.18. The molecule has 0 spiro atoms. The van der Waals surface area contributed by atoms with Crippen LogP contribution in [0.2, 0.25) is 0 Å². The highest BCUT2D eigenvalue weighted by molar-refractivity contribution is 5.86. The highest BCUT2D eigenvalue weighted by Gasteiger charge is 2.30. The summed E-state index contributed by atoms with van der Waals surface area (Å²) in [5, 5.41) is 2.41. The van der Waals surface area contributed by atoms with Gasteiger partial charge < -0.3 is 14.8 Å². The third kappa shape index (κ3) is 6.96. The molecule has 0 unspecified atom stereocenters. The maximum Gasteiger partial charge on any atom is 0.416 e. The van der Waals surface area contributed by atoms with Gasteiger partial charge in [-0.1, -0.05) is 18.2 Å². The van der Waals surface area contributed by atoms with Crippen LogP contribution in [0, 0.1) is 0 Å². The lowest BCUT2D eigenvalue weighted by Crippen LogP contribution is -2.41. The minimum absolute atomic E-state index is 0.0134. The van der Waals surface area contributed by atoms with Gasteiger partial charge in [0.15, 0.2) is 0 Å². The van der Waals surface area contributed by atoms with Crippen molar-refractivity contribution >= 4 is 17.8 Å². The smallest absolute Gasteiger partial charge is 0.416 e. The van der Waals surface area contributed by atoms with Crippen LogP contribution >= 0.6 is 0 Å². The standard InChI is InChI=1S/C17H18F3NO5/c1-25-15(23)5-3-4-13(16(24)26-2)21-14(22)10-11-6-8-12(9-7-11)17(18,19)20/h3,5-9,13H,4,10H2,1-2H3,(H,21,22)/b5-3+/t13-/m0/s1. The number of benzene rings is 1. The first-order valence-electron chi connectivity index (χ1n) is 7.45. The predicted molar refractivity (Wildman–Crippen MR) is 84.9 cm³/mol. The maximum atomic E-state index is 12.5. The lowest BCUT2D eigenvalue weighted by atomic mass is 10.1. The number of methoxy groups -OCH3 is 2. The number of rotatable bonds is 7. The maximum absolute atomic E-state index is 12.5. The summed E-state index contributed by atoms with van der Waals surface area (Å²) in [6.45, 7) is 0. The van der Waals surface area contributed by atoms with E-state index in [1.165, 1.54) is 25.3 Å². The van der Waals surface area contributed by atoms with Gasteiger partial charge >= 0.3 is 18.1 Å². The fourth-order valence-electron chi connectivity index (χ4n) is 1.97. The molecule has 1 aromatic rings. The normalized spacial score (nSPS) is 12.5. The number of amides is 1. The molecule has 142 valence electrons. The first-order chi connectivity index (χ1) is 12.2. The average Bonchev–Trinajstić information content (AvgIpc) is 2.59. The molecule has 1 rings (SSSR count). The molecule has 0 saturated heterocycles. The van der Waals surface area contributed by atoms with Crippen molar-refractivity contribution in [3.63, 3.8) is 0 Å². The molecular weight excluding hydrogens is 355 g/mol. The molecule has 0 fully saturated rings. The highest BCUT2D eigenvalue weighted by atomic mass is 19.4. The van der Waals surface area contributed by atoms with E-state index < -0.39 is 35.6 Å². The molecule has 1 N–H and O–H groups in total. The van der Waals surface area contributed by atoms with Gasteiger partial charge in [-0.3, -0.25) is 4.79 Å². The van der Waals surface area contributed by atoms with Gasteiger partial charge in [0.25, 0.3) is 0 Å². The van der Waals surface area contributed by atoms with Crippen molar-refractivity contribution in [3.05, 3.63) is 47.5 Å². The van der Waals surface area contributed by atoms with E-state index in [1.54, 1.807) is 0 Å². The number of hydrogen-bond acceptors (Lipinski definition) is 5. The summed E-state index contributed by atoms with van der Waals surface area (Å²) in [5.41, 5.74) is -0.466. The Morgan fingerprint density at radius 3 is 2.23 bits per heavy atom. The lowest BCUT2D eigenvalue weighted by Gasteiger charge is -2.15. The van der Waals surface area contributed by atoms with E-state index in [-0.39, 0.29) is 12.8 Å². The Bertz CT molecular complexity index is 668. The van der Waals surface area contributed by atoms with E-state index in [9.17, 15) is 27.6 Å². The summed E-state index contributed by atoms with van der Waals surface area (Å²) < 4.78 is 46.5. The number of ether oxygens (including phenoxy) is 2. The van der Waals surface area contributed by atoms with Gasteiger partial charge in [0.05, 0.1) is 26.2 Å². The molecule has 0 aliphatic carbocycles. The van der Waals surface area contributed by atoms with E-state index >= 15 is 0 Å². The fraction of sp³-hybridized carbons (Fsp3) is 0.353. The number of nitrogens with one attached hydrogen (secondary N) is 1. The SMILES string of the molecule is COC(=O)/C=C/C[C@H](NC(=O)Cc1ccc(C(F)(F)F)cc1)C(=O)OC. The Morgan fingerprint density at radius 2 is 1.73 bits per heavy atom. The first kappa shape index (κ1) is 21.2. The third-order valence-corrected chi connectivity index (χ3v) is 3.29. The van der Waals surface area contributed by atoms with Crippen LogP contribution in [0.5, 0.6) is 0 Å². The number of halogens is 3. The van der Waals surface area contributed by atoms with Crippen LogP contribution in [0.25, 0.3) is 0 Å². The topological polar surface area (TPSA) is 81.7 Å². The minimum Gasteiger partial charge on any atom is -0.467 e. The molecule has 0 heterocycles. The molecule has 0 aliphatic rings. The number of carbonyl (C=O) groups is 3. The summed E-state index contributed by atoms with van der Waals surface area (Å²) in [6, 6.07) is 3.08. The number of carbonyl (C=O) groups excluding carboxylic acids is 3. The summed E-state index contributed by atoms with van der Waals surface area (Å²) in [7, 11) is 2.33. The Labute approximate surface area is 148 Å². The van der Waals surface area contributed by atoms with Crippen molar-refractivity contribution in [1.29, 1.82) is 0 Å². The number of hydrogen-bond donors (Lipinski definition) is 1. The molecule has 0 bridgehead atoms. The van der Waals surface area contributed by atoms with Gasteiger partial charge in [0, 0.05) is 6.08 Å². The molecule has 26 heavy (non-hydrogen) atoms. The van der Waals surface area contributed by atoms with Crippen LogP contribution in [0.4, 0.5) is 13.2 Å². The Kier molecular flexibility index (Phi) is 7.82. The van der Waals surface area contributed by atoms with E-state index in [4.69, 9.17) is 0 Å². The molecule has 9 heteroatoms. The quantitative estimate of drug-likeness (QED) is 0.584. The fourth-order valence-corrected chi connectivity index (χ4v) is 1.97. The van der Waals surface area contributed by atoms with Crippen molar-refractivity contribution in [2.24, 2.45) is 0 Å².